The van der Waals surface area contributed by atoms with Gasteiger partial charge in [-0.15, -0.1) is 12.4 Å². The van der Waals surface area contributed by atoms with E-state index >= 15 is 0 Å². The van der Waals surface area contributed by atoms with Gasteiger partial charge in [-0.05, 0) is 50.6 Å². The smallest absolute Gasteiger partial charge is 0.240 e. The Kier molecular flexibility index (Phi) is 6.06. The van der Waals surface area contributed by atoms with Gasteiger partial charge in [-0.25, -0.2) is 0 Å². The molecule has 3 rings (SSSR count). The van der Waals surface area contributed by atoms with Gasteiger partial charge in [0.1, 0.15) is 0 Å². The zero-order valence-corrected chi connectivity index (χ0v) is 14.6. The van der Waals surface area contributed by atoms with E-state index in [1.54, 1.807) is 0 Å². The van der Waals surface area contributed by atoms with Crippen molar-refractivity contribution in [3.8, 4) is 0 Å². The Labute approximate surface area is 145 Å². The second kappa shape index (κ2) is 7.65. The molecule has 1 amide bonds. The summed E-state index contributed by atoms with van der Waals surface area (Å²) in [4.78, 5) is 14.7. The molecular weight excluding hydrogens is 310 g/mol. The summed E-state index contributed by atoms with van der Waals surface area (Å²) >= 11 is 0. The number of hydrogen-bond donors (Lipinski definition) is 2. The molecule has 0 radical (unpaired) electrons. The number of likely N-dealkylation sites (tertiary alicyclic amines) is 1. The number of carbonyl (C=O) groups is 1. The summed E-state index contributed by atoms with van der Waals surface area (Å²) in [5.74, 6) is 0.573. The lowest BCUT2D eigenvalue weighted by Gasteiger charge is -2.37. The predicted octanol–water partition coefficient (Wildman–Crippen LogP) is 2.32. The molecule has 0 aromatic heterocycles. The molecule has 0 bridgehead atoms. The van der Waals surface area contributed by atoms with Crippen LogP contribution in [0.3, 0.4) is 0 Å². The van der Waals surface area contributed by atoms with Crippen molar-refractivity contribution in [3.05, 3.63) is 35.9 Å². The number of rotatable bonds is 5. The van der Waals surface area contributed by atoms with Crippen molar-refractivity contribution in [2.75, 3.05) is 13.1 Å². The largest absolute Gasteiger partial charge is 0.352 e. The van der Waals surface area contributed by atoms with Crippen LogP contribution in [-0.2, 0) is 11.3 Å². The third-order valence-electron chi connectivity index (χ3n) is 5.32. The van der Waals surface area contributed by atoms with Crippen molar-refractivity contribution in [2.24, 2.45) is 11.7 Å². The summed E-state index contributed by atoms with van der Waals surface area (Å²) in [7, 11) is 0. The SMILES string of the molecule is CC(NC(=O)C1(N)CCC1)C1CCN(Cc2ccccc2)C1.Cl. The van der Waals surface area contributed by atoms with E-state index in [-0.39, 0.29) is 24.4 Å². The highest BCUT2D eigenvalue weighted by Crippen LogP contribution is 2.30. The molecule has 2 fully saturated rings. The van der Waals surface area contributed by atoms with E-state index in [4.69, 9.17) is 5.73 Å². The van der Waals surface area contributed by atoms with Crippen LogP contribution in [0.25, 0.3) is 0 Å². The molecule has 1 saturated carbocycles. The average Bonchev–Trinajstić information content (AvgIpc) is 2.94. The molecule has 5 heteroatoms. The van der Waals surface area contributed by atoms with Crippen LogP contribution < -0.4 is 11.1 Å². The number of benzene rings is 1. The van der Waals surface area contributed by atoms with Crippen LogP contribution in [0.2, 0.25) is 0 Å². The first kappa shape index (κ1) is 18.2. The van der Waals surface area contributed by atoms with E-state index in [1.165, 1.54) is 5.56 Å². The third kappa shape index (κ3) is 4.25. The highest BCUT2D eigenvalue weighted by atomic mass is 35.5. The Morgan fingerprint density at radius 2 is 2.09 bits per heavy atom. The molecule has 2 atom stereocenters. The molecule has 1 aromatic carbocycles. The monoisotopic (exact) mass is 337 g/mol. The summed E-state index contributed by atoms with van der Waals surface area (Å²) in [6.07, 6.45) is 3.88. The van der Waals surface area contributed by atoms with E-state index in [0.29, 0.717) is 5.92 Å². The lowest BCUT2D eigenvalue weighted by atomic mass is 9.77. The summed E-state index contributed by atoms with van der Waals surface area (Å²) in [5, 5.41) is 3.16. The van der Waals surface area contributed by atoms with Gasteiger partial charge in [-0.2, -0.15) is 0 Å². The Balaban J connectivity index is 0.00000192. The minimum absolute atomic E-state index is 0. The van der Waals surface area contributed by atoms with Crippen molar-refractivity contribution in [1.29, 1.82) is 0 Å². The molecule has 4 nitrogen and oxygen atoms in total. The van der Waals surface area contributed by atoms with Crippen LogP contribution in [0.4, 0.5) is 0 Å². The number of hydrogen-bond acceptors (Lipinski definition) is 3. The third-order valence-corrected chi connectivity index (χ3v) is 5.32. The fourth-order valence-corrected chi connectivity index (χ4v) is 3.51. The van der Waals surface area contributed by atoms with E-state index in [2.05, 4.69) is 47.5 Å². The summed E-state index contributed by atoms with van der Waals surface area (Å²) in [6, 6.07) is 10.8. The Bertz CT molecular complexity index is 518. The van der Waals surface area contributed by atoms with Gasteiger partial charge in [-0.1, -0.05) is 30.3 Å². The predicted molar refractivity (Wildman–Crippen MR) is 95.4 cm³/mol. The summed E-state index contributed by atoms with van der Waals surface area (Å²) < 4.78 is 0. The Hall–Kier alpha value is -1.10. The van der Waals surface area contributed by atoms with Crippen molar-refractivity contribution in [1.82, 2.24) is 10.2 Å². The van der Waals surface area contributed by atoms with Crippen LogP contribution >= 0.6 is 12.4 Å². The zero-order chi connectivity index (χ0) is 15.6. The molecule has 2 unspecified atom stereocenters. The van der Waals surface area contributed by atoms with Crippen molar-refractivity contribution in [2.45, 2.75) is 50.7 Å². The number of nitrogens with one attached hydrogen (secondary N) is 1. The van der Waals surface area contributed by atoms with E-state index in [1.807, 2.05) is 0 Å². The molecule has 1 heterocycles. The highest BCUT2D eigenvalue weighted by Gasteiger charge is 2.41. The molecule has 1 aliphatic carbocycles. The van der Waals surface area contributed by atoms with Gasteiger partial charge in [-0.3, -0.25) is 9.69 Å². The van der Waals surface area contributed by atoms with Crippen LogP contribution in [0, 0.1) is 5.92 Å². The van der Waals surface area contributed by atoms with Gasteiger partial charge in [0.15, 0.2) is 0 Å². The topological polar surface area (TPSA) is 58.4 Å². The molecule has 23 heavy (non-hydrogen) atoms. The van der Waals surface area contributed by atoms with Crippen LogP contribution in [0.1, 0.15) is 38.2 Å². The number of amides is 1. The second-order valence-corrected chi connectivity index (χ2v) is 7.04. The normalized spacial score (nSPS) is 24.3. The lowest BCUT2D eigenvalue weighted by Crippen LogP contribution is -2.60. The Morgan fingerprint density at radius 3 is 2.70 bits per heavy atom. The number of nitrogens with zero attached hydrogens (tertiary/aromatic N) is 1. The molecule has 128 valence electrons. The first-order valence-corrected chi connectivity index (χ1v) is 8.43. The maximum absolute atomic E-state index is 12.2. The summed E-state index contributed by atoms with van der Waals surface area (Å²) in [6.45, 7) is 5.27. The van der Waals surface area contributed by atoms with Gasteiger partial charge < -0.3 is 11.1 Å². The molecule has 1 aromatic rings. The van der Waals surface area contributed by atoms with Crippen LogP contribution in [0.5, 0.6) is 0 Å². The Morgan fingerprint density at radius 1 is 1.39 bits per heavy atom. The van der Waals surface area contributed by atoms with Gasteiger partial charge in [0.05, 0.1) is 5.54 Å². The maximum atomic E-state index is 12.2. The van der Waals surface area contributed by atoms with Crippen LogP contribution in [0.15, 0.2) is 30.3 Å². The quantitative estimate of drug-likeness (QED) is 0.867. The van der Waals surface area contributed by atoms with Gasteiger partial charge in [0.2, 0.25) is 5.91 Å². The molecule has 2 aliphatic rings. The minimum atomic E-state index is -0.587. The van der Waals surface area contributed by atoms with E-state index in [0.717, 1.165) is 45.3 Å². The maximum Gasteiger partial charge on any atom is 0.240 e. The second-order valence-electron chi connectivity index (χ2n) is 7.04. The average molecular weight is 338 g/mol. The van der Waals surface area contributed by atoms with Crippen molar-refractivity contribution < 1.29 is 4.79 Å². The number of halogens is 1. The number of carbonyl (C=O) groups excluding carboxylic acids is 1. The standard InChI is InChI=1S/C18H27N3O.ClH/c1-14(20-17(22)18(19)9-5-10-18)16-8-11-21(13-16)12-15-6-3-2-4-7-15;/h2-4,6-7,14,16H,5,8-13,19H2,1H3,(H,20,22);1H. The molecule has 3 N–H and O–H groups in total. The molecule has 1 aliphatic heterocycles. The van der Waals surface area contributed by atoms with Gasteiger partial charge in [0, 0.05) is 19.1 Å². The molecular formula is C18H28ClN3O. The summed E-state index contributed by atoms with van der Waals surface area (Å²) in [5.41, 5.74) is 6.87. The number of nitrogens with two attached hydrogens (primary N) is 1. The first-order chi connectivity index (χ1) is 10.6. The minimum Gasteiger partial charge on any atom is -0.352 e. The molecule has 0 spiro atoms. The van der Waals surface area contributed by atoms with Crippen molar-refractivity contribution >= 4 is 18.3 Å². The zero-order valence-electron chi connectivity index (χ0n) is 13.8. The highest BCUT2D eigenvalue weighted by molar-refractivity contribution is 5.87. The van der Waals surface area contributed by atoms with E-state index in [9.17, 15) is 4.79 Å². The van der Waals surface area contributed by atoms with Crippen LogP contribution in [-0.4, -0.2) is 35.5 Å². The van der Waals surface area contributed by atoms with E-state index < -0.39 is 5.54 Å². The lowest BCUT2D eigenvalue weighted by molar-refractivity contribution is -0.130. The fraction of sp³-hybridized carbons (Fsp3) is 0.611. The fourth-order valence-electron chi connectivity index (χ4n) is 3.51. The van der Waals surface area contributed by atoms with Gasteiger partial charge >= 0.3 is 0 Å². The first-order valence-electron chi connectivity index (χ1n) is 8.43. The van der Waals surface area contributed by atoms with Gasteiger partial charge in [0.25, 0.3) is 0 Å². The molecule has 1 saturated heterocycles. The van der Waals surface area contributed by atoms with Crippen molar-refractivity contribution in [3.63, 3.8) is 0 Å².